The van der Waals surface area contributed by atoms with Gasteiger partial charge in [0.15, 0.2) is 0 Å². The average Bonchev–Trinajstić information content (AvgIpc) is 1.86. The Hall–Kier alpha value is -0.370. The Morgan fingerprint density at radius 2 is 2.30 bits per heavy atom. The Morgan fingerprint density at radius 3 is 2.90 bits per heavy atom. The fourth-order valence-corrected chi connectivity index (χ4v) is 2.16. The highest BCUT2D eigenvalue weighted by Gasteiger charge is 2.42. The maximum atomic E-state index is 10.9. The van der Waals surface area contributed by atoms with Crippen LogP contribution in [0, 0.1) is 11.8 Å². The molecule has 0 aromatic carbocycles. The number of aliphatic hydroxyl groups excluding tert-OH is 1. The first-order chi connectivity index (χ1) is 4.77. The number of ketones is 1. The Bertz CT molecular complexity index is 165. The van der Waals surface area contributed by atoms with Crippen molar-refractivity contribution in [2.75, 3.05) is 0 Å². The van der Waals surface area contributed by atoms with Crippen LogP contribution in [0.1, 0.15) is 25.7 Å². The van der Waals surface area contributed by atoms with Crippen molar-refractivity contribution in [1.29, 1.82) is 0 Å². The summed E-state index contributed by atoms with van der Waals surface area (Å²) in [4.78, 5) is 10.9. The van der Waals surface area contributed by atoms with Gasteiger partial charge in [0.2, 0.25) is 0 Å². The SMILES string of the molecule is O=C1CCC2C(O)CC2C1. The third-order valence-electron chi connectivity index (χ3n) is 2.89. The summed E-state index contributed by atoms with van der Waals surface area (Å²) < 4.78 is 0. The molecule has 2 nitrogen and oxygen atoms in total. The quantitative estimate of drug-likeness (QED) is 0.538. The van der Waals surface area contributed by atoms with Crippen LogP contribution in [0.15, 0.2) is 0 Å². The predicted molar refractivity (Wildman–Crippen MR) is 36.5 cm³/mol. The lowest BCUT2D eigenvalue weighted by Gasteiger charge is -2.44. The second-order valence-corrected chi connectivity index (χ2v) is 3.51. The van der Waals surface area contributed by atoms with Gasteiger partial charge in [-0.05, 0) is 24.7 Å². The van der Waals surface area contributed by atoms with Crippen LogP contribution in [0.25, 0.3) is 0 Å². The monoisotopic (exact) mass is 140 g/mol. The number of carbonyl (C=O) groups is 1. The zero-order valence-electron chi connectivity index (χ0n) is 5.92. The van der Waals surface area contributed by atoms with Crippen molar-refractivity contribution in [2.45, 2.75) is 31.8 Å². The average molecular weight is 140 g/mol. The van der Waals surface area contributed by atoms with Gasteiger partial charge in [-0.2, -0.15) is 0 Å². The van der Waals surface area contributed by atoms with Crippen LogP contribution >= 0.6 is 0 Å². The van der Waals surface area contributed by atoms with Gasteiger partial charge in [-0.3, -0.25) is 4.79 Å². The second-order valence-electron chi connectivity index (χ2n) is 3.51. The number of hydrogen-bond donors (Lipinski definition) is 1. The predicted octanol–water partition coefficient (Wildman–Crippen LogP) is 0.736. The van der Waals surface area contributed by atoms with Gasteiger partial charge >= 0.3 is 0 Å². The first-order valence-corrected chi connectivity index (χ1v) is 3.97. The normalized spacial score (nSPS) is 46.1. The van der Waals surface area contributed by atoms with E-state index in [0.717, 1.165) is 19.3 Å². The molecule has 0 amide bonds. The standard InChI is InChI=1S/C8H12O2/c9-6-1-2-7-5(3-6)4-8(7)10/h5,7-8,10H,1-4H2. The Morgan fingerprint density at radius 1 is 1.50 bits per heavy atom. The van der Waals surface area contributed by atoms with Crippen LogP contribution in [-0.4, -0.2) is 17.0 Å². The van der Waals surface area contributed by atoms with E-state index in [1.54, 1.807) is 0 Å². The number of rotatable bonds is 0. The van der Waals surface area contributed by atoms with E-state index in [1.165, 1.54) is 0 Å². The Balaban J connectivity index is 1.99. The van der Waals surface area contributed by atoms with Gasteiger partial charge in [-0.1, -0.05) is 0 Å². The molecule has 3 unspecified atom stereocenters. The van der Waals surface area contributed by atoms with Crippen LogP contribution < -0.4 is 0 Å². The van der Waals surface area contributed by atoms with Crippen LogP contribution in [0.5, 0.6) is 0 Å². The van der Waals surface area contributed by atoms with Gasteiger partial charge in [-0.25, -0.2) is 0 Å². The molecule has 0 radical (unpaired) electrons. The number of aliphatic hydroxyl groups is 1. The van der Waals surface area contributed by atoms with E-state index >= 15 is 0 Å². The zero-order chi connectivity index (χ0) is 7.14. The van der Waals surface area contributed by atoms with E-state index in [0.29, 0.717) is 24.0 Å². The first-order valence-electron chi connectivity index (χ1n) is 3.97. The highest BCUT2D eigenvalue weighted by molar-refractivity contribution is 5.79. The van der Waals surface area contributed by atoms with Crippen LogP contribution in [0.3, 0.4) is 0 Å². The van der Waals surface area contributed by atoms with Gasteiger partial charge in [0.25, 0.3) is 0 Å². The minimum atomic E-state index is -0.0851. The van der Waals surface area contributed by atoms with E-state index in [4.69, 9.17) is 0 Å². The molecular weight excluding hydrogens is 128 g/mol. The molecule has 2 fully saturated rings. The fraction of sp³-hybridized carbons (Fsp3) is 0.875. The van der Waals surface area contributed by atoms with Gasteiger partial charge in [0, 0.05) is 12.8 Å². The molecule has 0 spiro atoms. The van der Waals surface area contributed by atoms with Crippen LogP contribution in [0.2, 0.25) is 0 Å². The van der Waals surface area contributed by atoms with Crippen molar-refractivity contribution in [3.63, 3.8) is 0 Å². The zero-order valence-corrected chi connectivity index (χ0v) is 5.92. The van der Waals surface area contributed by atoms with E-state index in [-0.39, 0.29) is 6.10 Å². The van der Waals surface area contributed by atoms with Crippen molar-refractivity contribution in [3.8, 4) is 0 Å². The lowest BCUT2D eigenvalue weighted by atomic mass is 9.63. The van der Waals surface area contributed by atoms with E-state index in [1.807, 2.05) is 0 Å². The lowest BCUT2D eigenvalue weighted by molar-refractivity contribution is -0.130. The van der Waals surface area contributed by atoms with Gasteiger partial charge in [-0.15, -0.1) is 0 Å². The first kappa shape index (κ1) is 6.35. The third-order valence-corrected chi connectivity index (χ3v) is 2.89. The molecule has 0 aromatic heterocycles. The molecule has 3 atom stereocenters. The van der Waals surface area contributed by atoms with E-state index < -0.39 is 0 Å². The molecule has 0 bridgehead atoms. The third kappa shape index (κ3) is 0.788. The van der Waals surface area contributed by atoms with Crippen molar-refractivity contribution in [2.24, 2.45) is 11.8 Å². The Kier molecular flexibility index (Phi) is 1.31. The smallest absolute Gasteiger partial charge is 0.133 e. The largest absolute Gasteiger partial charge is 0.393 e. The molecular formula is C8H12O2. The molecule has 2 aliphatic carbocycles. The minimum absolute atomic E-state index is 0.0851. The maximum absolute atomic E-state index is 10.9. The van der Waals surface area contributed by atoms with Gasteiger partial charge < -0.3 is 5.11 Å². The number of fused-ring (bicyclic) bond motifs is 1. The van der Waals surface area contributed by atoms with E-state index in [2.05, 4.69) is 0 Å². The van der Waals surface area contributed by atoms with Gasteiger partial charge in [0.1, 0.15) is 5.78 Å². The summed E-state index contributed by atoms with van der Waals surface area (Å²) in [6, 6.07) is 0. The minimum Gasteiger partial charge on any atom is -0.393 e. The fourth-order valence-electron chi connectivity index (χ4n) is 2.16. The summed E-state index contributed by atoms with van der Waals surface area (Å²) in [5.74, 6) is 1.40. The molecule has 2 saturated carbocycles. The van der Waals surface area contributed by atoms with Crippen molar-refractivity contribution in [3.05, 3.63) is 0 Å². The van der Waals surface area contributed by atoms with Crippen LogP contribution in [-0.2, 0) is 4.79 Å². The highest BCUT2D eigenvalue weighted by Crippen LogP contribution is 2.43. The molecule has 56 valence electrons. The topological polar surface area (TPSA) is 37.3 Å². The summed E-state index contributed by atoms with van der Waals surface area (Å²) in [5.41, 5.74) is 0. The summed E-state index contributed by atoms with van der Waals surface area (Å²) >= 11 is 0. The van der Waals surface area contributed by atoms with Crippen LogP contribution in [0.4, 0.5) is 0 Å². The lowest BCUT2D eigenvalue weighted by Crippen LogP contribution is -2.45. The molecule has 2 rings (SSSR count). The molecule has 2 heteroatoms. The molecule has 0 aromatic rings. The molecule has 0 heterocycles. The summed E-state index contributed by atoms with van der Waals surface area (Å²) in [6.45, 7) is 0. The van der Waals surface area contributed by atoms with E-state index in [9.17, 15) is 9.90 Å². The number of Topliss-reactive ketones (excluding diaryl/α,β-unsaturated/α-hetero) is 1. The van der Waals surface area contributed by atoms with Crippen molar-refractivity contribution < 1.29 is 9.90 Å². The molecule has 2 aliphatic rings. The highest BCUT2D eigenvalue weighted by atomic mass is 16.3. The second kappa shape index (κ2) is 2.06. The van der Waals surface area contributed by atoms with Crippen molar-refractivity contribution >= 4 is 5.78 Å². The molecule has 1 N–H and O–H groups in total. The summed E-state index contributed by atoms with van der Waals surface area (Å²) in [7, 11) is 0. The van der Waals surface area contributed by atoms with Gasteiger partial charge in [0.05, 0.1) is 6.10 Å². The molecule has 0 saturated heterocycles. The Labute approximate surface area is 60.2 Å². The van der Waals surface area contributed by atoms with Crippen molar-refractivity contribution in [1.82, 2.24) is 0 Å². The number of carbonyl (C=O) groups excluding carboxylic acids is 1. The molecule has 10 heavy (non-hydrogen) atoms. The maximum Gasteiger partial charge on any atom is 0.133 e. The summed E-state index contributed by atoms with van der Waals surface area (Å²) in [6.07, 6.45) is 3.17. The molecule has 0 aliphatic heterocycles. The summed E-state index contributed by atoms with van der Waals surface area (Å²) in [5, 5.41) is 9.22. The number of hydrogen-bond acceptors (Lipinski definition) is 2.